The molecular weight excluding hydrogens is 122 g/mol. The number of thioether (sulfide) groups is 1. The second-order valence-corrected chi connectivity index (χ2v) is 1.90. The molecule has 46 valence electrons. The summed E-state index contributed by atoms with van der Waals surface area (Å²) in [7, 11) is 1.60. The van der Waals surface area contributed by atoms with Gasteiger partial charge in [0.2, 0.25) is 5.91 Å². The molecule has 0 aromatic carbocycles. The third kappa shape index (κ3) is 3.74. The third-order valence-corrected chi connectivity index (χ3v) is 1.01. The summed E-state index contributed by atoms with van der Waals surface area (Å²) in [5, 5.41) is 4.20. The van der Waals surface area contributed by atoms with Gasteiger partial charge < -0.3 is 5.32 Å². The lowest BCUT2D eigenvalue weighted by Crippen LogP contribution is -2.13. The summed E-state index contributed by atoms with van der Waals surface area (Å²) < 4.78 is 0. The van der Waals surface area contributed by atoms with Gasteiger partial charge in [-0.15, -0.1) is 11.8 Å². The Morgan fingerprint density at radius 3 is 2.75 bits per heavy atom. The number of likely N-dealkylation sites (N-methyl/N-ethyl adjacent to an activating group) is 1. The van der Waals surface area contributed by atoms with Crippen molar-refractivity contribution >= 4 is 17.7 Å². The fourth-order valence-electron chi connectivity index (χ4n) is 0.213. The molecule has 1 N–H and O–H groups in total. The lowest BCUT2D eigenvalue weighted by Gasteiger charge is -1.85. The second kappa shape index (κ2) is 4.71. The molecular formula is C5H9NOS. The summed E-state index contributed by atoms with van der Waals surface area (Å²) in [4.78, 5) is 10.4. The normalized spacial score (nSPS) is 9.75. The van der Waals surface area contributed by atoms with Gasteiger partial charge in [-0.25, -0.2) is 0 Å². The Morgan fingerprint density at radius 1 is 1.75 bits per heavy atom. The van der Waals surface area contributed by atoms with Crippen molar-refractivity contribution in [3.05, 3.63) is 11.5 Å². The molecule has 0 aliphatic carbocycles. The van der Waals surface area contributed by atoms with E-state index in [0.29, 0.717) is 0 Å². The van der Waals surface area contributed by atoms with E-state index >= 15 is 0 Å². The molecule has 3 heteroatoms. The molecule has 1 amide bonds. The molecule has 0 saturated carbocycles. The number of amides is 1. The molecule has 0 aromatic heterocycles. The standard InChI is InChI=1S/C5H9NOS/c1-6-5(7)3-4-8-2/h3-4H,1-2H3,(H,6,7)/b4-3-. The maximum Gasteiger partial charge on any atom is 0.244 e. The number of carbonyl (C=O) groups is 1. The number of carbonyl (C=O) groups excluding carboxylic acids is 1. The van der Waals surface area contributed by atoms with Crippen molar-refractivity contribution in [2.75, 3.05) is 13.3 Å². The second-order valence-electron chi connectivity index (χ2n) is 1.15. The van der Waals surface area contributed by atoms with Crippen LogP contribution in [0.5, 0.6) is 0 Å². The molecule has 0 aliphatic rings. The Kier molecular flexibility index (Phi) is 4.45. The summed E-state index contributed by atoms with van der Waals surface area (Å²) >= 11 is 1.50. The Bertz CT molecular complexity index is 101. The van der Waals surface area contributed by atoms with Gasteiger partial charge in [-0.1, -0.05) is 0 Å². The van der Waals surface area contributed by atoms with E-state index in [-0.39, 0.29) is 5.91 Å². The molecule has 0 atom stereocenters. The van der Waals surface area contributed by atoms with Gasteiger partial charge in [0.25, 0.3) is 0 Å². The molecule has 0 aromatic rings. The Balaban J connectivity index is 3.37. The van der Waals surface area contributed by atoms with Crippen molar-refractivity contribution in [3.63, 3.8) is 0 Å². The Labute approximate surface area is 53.3 Å². The fraction of sp³-hybridized carbons (Fsp3) is 0.400. The van der Waals surface area contributed by atoms with Crippen LogP contribution in [-0.4, -0.2) is 19.2 Å². The smallest absolute Gasteiger partial charge is 0.244 e. The third-order valence-electron chi connectivity index (χ3n) is 0.602. The summed E-state index contributed by atoms with van der Waals surface area (Å²) in [5.74, 6) is -0.0562. The first-order valence-electron chi connectivity index (χ1n) is 2.22. The van der Waals surface area contributed by atoms with E-state index in [2.05, 4.69) is 5.32 Å². The van der Waals surface area contributed by atoms with Crippen LogP contribution >= 0.6 is 11.8 Å². The SMILES string of the molecule is CNC(=O)/C=C\SC. The minimum Gasteiger partial charge on any atom is -0.356 e. The molecule has 0 heterocycles. The molecule has 0 bridgehead atoms. The predicted molar refractivity (Wildman–Crippen MR) is 36.7 cm³/mol. The molecule has 0 saturated heterocycles. The maximum atomic E-state index is 10.4. The van der Waals surface area contributed by atoms with Crippen molar-refractivity contribution in [2.45, 2.75) is 0 Å². The van der Waals surface area contributed by atoms with Crippen LogP contribution in [-0.2, 0) is 4.79 Å². The molecule has 0 aliphatic heterocycles. The van der Waals surface area contributed by atoms with Crippen molar-refractivity contribution < 1.29 is 4.79 Å². The monoisotopic (exact) mass is 131 g/mol. The van der Waals surface area contributed by atoms with E-state index in [1.807, 2.05) is 6.26 Å². The molecule has 8 heavy (non-hydrogen) atoms. The Morgan fingerprint density at radius 2 is 2.38 bits per heavy atom. The minimum atomic E-state index is -0.0562. The summed E-state index contributed by atoms with van der Waals surface area (Å²) in [5.41, 5.74) is 0. The predicted octanol–water partition coefficient (Wildman–Crippen LogP) is 0.609. The van der Waals surface area contributed by atoms with Crippen LogP contribution in [0.25, 0.3) is 0 Å². The quantitative estimate of drug-likeness (QED) is 0.556. The van der Waals surface area contributed by atoms with Gasteiger partial charge >= 0.3 is 0 Å². The maximum absolute atomic E-state index is 10.4. The molecule has 0 spiro atoms. The van der Waals surface area contributed by atoms with Gasteiger partial charge in [0.05, 0.1) is 0 Å². The van der Waals surface area contributed by atoms with E-state index in [1.165, 1.54) is 17.8 Å². The summed E-state index contributed by atoms with van der Waals surface area (Å²) in [6.45, 7) is 0. The highest BCUT2D eigenvalue weighted by atomic mass is 32.2. The highest BCUT2D eigenvalue weighted by molar-refractivity contribution is 8.01. The highest BCUT2D eigenvalue weighted by Crippen LogP contribution is 1.91. The molecule has 0 unspecified atom stereocenters. The average Bonchev–Trinajstić information content (AvgIpc) is 1.83. The van der Waals surface area contributed by atoms with E-state index in [0.717, 1.165) is 0 Å². The molecule has 0 rings (SSSR count). The number of hydrogen-bond donors (Lipinski definition) is 1. The number of nitrogens with one attached hydrogen (secondary N) is 1. The zero-order valence-corrected chi connectivity index (χ0v) is 5.79. The highest BCUT2D eigenvalue weighted by Gasteiger charge is 1.83. The summed E-state index contributed by atoms with van der Waals surface area (Å²) in [6.07, 6.45) is 3.39. The van der Waals surface area contributed by atoms with Gasteiger partial charge in [-0.2, -0.15) is 0 Å². The van der Waals surface area contributed by atoms with E-state index in [9.17, 15) is 4.79 Å². The number of hydrogen-bond acceptors (Lipinski definition) is 2. The van der Waals surface area contributed by atoms with Crippen LogP contribution in [0.15, 0.2) is 11.5 Å². The van der Waals surface area contributed by atoms with Crippen molar-refractivity contribution in [2.24, 2.45) is 0 Å². The van der Waals surface area contributed by atoms with Gasteiger partial charge in [0.15, 0.2) is 0 Å². The first kappa shape index (κ1) is 7.56. The zero-order valence-electron chi connectivity index (χ0n) is 4.97. The lowest BCUT2D eigenvalue weighted by molar-refractivity contribution is -0.116. The van der Waals surface area contributed by atoms with Crippen LogP contribution in [0.1, 0.15) is 0 Å². The van der Waals surface area contributed by atoms with Crippen LogP contribution in [0.4, 0.5) is 0 Å². The molecule has 0 fully saturated rings. The van der Waals surface area contributed by atoms with Crippen LogP contribution < -0.4 is 5.32 Å². The van der Waals surface area contributed by atoms with E-state index in [4.69, 9.17) is 0 Å². The van der Waals surface area contributed by atoms with Crippen LogP contribution in [0, 0.1) is 0 Å². The first-order chi connectivity index (χ1) is 3.81. The van der Waals surface area contributed by atoms with Gasteiger partial charge in [-0.05, 0) is 11.7 Å². The van der Waals surface area contributed by atoms with Gasteiger partial charge in [-0.3, -0.25) is 4.79 Å². The topological polar surface area (TPSA) is 29.1 Å². The van der Waals surface area contributed by atoms with Crippen molar-refractivity contribution in [3.8, 4) is 0 Å². The molecule has 2 nitrogen and oxygen atoms in total. The van der Waals surface area contributed by atoms with Crippen molar-refractivity contribution in [1.29, 1.82) is 0 Å². The van der Waals surface area contributed by atoms with Crippen LogP contribution in [0.2, 0.25) is 0 Å². The molecule has 0 radical (unpaired) electrons. The largest absolute Gasteiger partial charge is 0.356 e. The summed E-state index contributed by atoms with van der Waals surface area (Å²) in [6, 6.07) is 0. The van der Waals surface area contributed by atoms with E-state index in [1.54, 1.807) is 12.5 Å². The van der Waals surface area contributed by atoms with E-state index < -0.39 is 0 Å². The van der Waals surface area contributed by atoms with Gasteiger partial charge in [0, 0.05) is 13.1 Å². The zero-order chi connectivity index (χ0) is 6.41. The van der Waals surface area contributed by atoms with Crippen LogP contribution in [0.3, 0.4) is 0 Å². The minimum absolute atomic E-state index is 0.0562. The Hall–Kier alpha value is -0.440. The lowest BCUT2D eigenvalue weighted by atomic mass is 10.6. The van der Waals surface area contributed by atoms with Gasteiger partial charge in [0.1, 0.15) is 0 Å². The fourth-order valence-corrected chi connectivity index (χ4v) is 0.473. The first-order valence-corrected chi connectivity index (χ1v) is 3.51. The average molecular weight is 131 g/mol. The number of rotatable bonds is 2. The van der Waals surface area contributed by atoms with Crippen molar-refractivity contribution in [1.82, 2.24) is 5.32 Å².